The summed E-state index contributed by atoms with van der Waals surface area (Å²) >= 11 is 0. The Labute approximate surface area is 172 Å². The van der Waals surface area contributed by atoms with Gasteiger partial charge in [0.15, 0.2) is 5.78 Å². The highest BCUT2D eigenvalue weighted by molar-refractivity contribution is 5.88. The zero-order chi connectivity index (χ0) is 21.2. The molecule has 0 bridgehead atoms. The summed E-state index contributed by atoms with van der Waals surface area (Å²) in [7, 11) is 1.97. The van der Waals surface area contributed by atoms with E-state index in [1.54, 1.807) is 0 Å². The minimum atomic E-state index is 0.159. The number of unbranched alkanes of at least 4 members (excludes halogenated alkanes) is 1. The zero-order valence-electron chi connectivity index (χ0n) is 18.1. The van der Waals surface area contributed by atoms with Crippen LogP contribution in [-0.2, 0) is 4.79 Å². The molecule has 2 heteroatoms. The quantitative estimate of drug-likeness (QED) is 0.471. The molecule has 2 aromatic rings. The summed E-state index contributed by atoms with van der Waals surface area (Å²) < 4.78 is 0. The predicted molar refractivity (Wildman–Crippen MR) is 122 cm³/mol. The van der Waals surface area contributed by atoms with Gasteiger partial charge in [0, 0.05) is 23.6 Å². The number of carbonyl (C=O) groups is 1. The molecule has 28 heavy (non-hydrogen) atoms. The molecule has 1 N–H and O–H groups in total. The fourth-order valence-corrected chi connectivity index (χ4v) is 2.17. The molecule has 0 aliphatic heterocycles. The van der Waals surface area contributed by atoms with Crippen LogP contribution in [-0.4, -0.2) is 12.8 Å². The first-order chi connectivity index (χ1) is 13.6. The Bertz CT molecular complexity index is 738. The van der Waals surface area contributed by atoms with Crippen molar-refractivity contribution in [2.24, 2.45) is 0 Å². The molecule has 1 atom stereocenters. The summed E-state index contributed by atoms with van der Waals surface area (Å²) in [5.41, 5.74) is 3.36. The van der Waals surface area contributed by atoms with Crippen LogP contribution in [0.25, 0.3) is 0 Å². The number of ketones is 1. The van der Waals surface area contributed by atoms with Gasteiger partial charge in [0.1, 0.15) is 0 Å². The third kappa shape index (κ3) is 11.2. The van der Waals surface area contributed by atoms with E-state index in [-0.39, 0.29) is 5.78 Å². The number of rotatable bonds is 6. The van der Waals surface area contributed by atoms with Gasteiger partial charge in [-0.05, 0) is 56.3 Å². The molecule has 0 spiro atoms. The Morgan fingerprint density at radius 3 is 2.25 bits per heavy atom. The van der Waals surface area contributed by atoms with E-state index in [1.165, 1.54) is 11.6 Å². The van der Waals surface area contributed by atoms with E-state index in [9.17, 15) is 4.79 Å². The Morgan fingerprint density at radius 2 is 1.68 bits per heavy atom. The maximum absolute atomic E-state index is 10.5. The monoisotopic (exact) mass is 377 g/mol. The van der Waals surface area contributed by atoms with E-state index < -0.39 is 0 Å². The Morgan fingerprint density at radius 1 is 1.07 bits per heavy atom. The van der Waals surface area contributed by atoms with Crippen molar-refractivity contribution >= 4 is 5.78 Å². The molecule has 0 radical (unpaired) electrons. The van der Waals surface area contributed by atoms with Gasteiger partial charge in [0.05, 0.1) is 0 Å². The van der Waals surface area contributed by atoms with Crippen LogP contribution in [0.3, 0.4) is 0 Å². The van der Waals surface area contributed by atoms with Crippen molar-refractivity contribution in [3.05, 3.63) is 83.9 Å². The summed E-state index contributed by atoms with van der Waals surface area (Å²) in [4.78, 5) is 10.5. The molecule has 0 aliphatic carbocycles. The van der Waals surface area contributed by atoms with Crippen LogP contribution < -0.4 is 5.32 Å². The van der Waals surface area contributed by atoms with Gasteiger partial charge in [-0.2, -0.15) is 0 Å². The van der Waals surface area contributed by atoms with E-state index in [2.05, 4.69) is 55.8 Å². The average molecular weight is 378 g/mol. The molecule has 0 saturated heterocycles. The molecule has 0 aromatic heterocycles. The maximum Gasteiger partial charge on any atom is 0.155 e. The SMILES string of the molecule is C=CC(=O)CCCC.CC.CNC(C)c1cccc(C#Cc2ccccc2)c1. The van der Waals surface area contributed by atoms with Gasteiger partial charge >= 0.3 is 0 Å². The van der Waals surface area contributed by atoms with E-state index in [0.29, 0.717) is 12.5 Å². The van der Waals surface area contributed by atoms with E-state index in [4.69, 9.17) is 0 Å². The molecular formula is C26H35NO. The Kier molecular flexibility index (Phi) is 15.0. The van der Waals surface area contributed by atoms with Crippen molar-refractivity contribution in [3.8, 4) is 11.8 Å². The van der Waals surface area contributed by atoms with Gasteiger partial charge in [-0.15, -0.1) is 0 Å². The Hall–Kier alpha value is -2.63. The maximum atomic E-state index is 10.5. The first-order valence-corrected chi connectivity index (χ1v) is 10.1. The first kappa shape index (κ1) is 25.4. The number of carbonyl (C=O) groups excluding carboxylic acids is 1. The summed E-state index contributed by atoms with van der Waals surface area (Å²) in [5.74, 6) is 6.54. The lowest BCUT2D eigenvalue weighted by Crippen LogP contribution is -2.12. The molecule has 0 fully saturated rings. The molecule has 0 aliphatic rings. The summed E-state index contributed by atoms with van der Waals surface area (Å²) in [6.45, 7) is 11.6. The number of hydrogen-bond donors (Lipinski definition) is 1. The average Bonchev–Trinajstić information content (AvgIpc) is 2.78. The number of nitrogens with one attached hydrogen (secondary N) is 1. The van der Waals surface area contributed by atoms with Gasteiger partial charge in [-0.25, -0.2) is 0 Å². The largest absolute Gasteiger partial charge is 0.313 e. The molecule has 2 rings (SSSR count). The molecule has 2 nitrogen and oxygen atoms in total. The topological polar surface area (TPSA) is 29.1 Å². The normalized spacial score (nSPS) is 10.0. The minimum Gasteiger partial charge on any atom is -0.313 e. The number of allylic oxidation sites excluding steroid dienone is 1. The van der Waals surface area contributed by atoms with Crippen molar-refractivity contribution < 1.29 is 4.79 Å². The fraction of sp³-hybridized carbons (Fsp3) is 0.346. The van der Waals surface area contributed by atoms with Crippen LogP contribution in [0.1, 0.15) is 69.7 Å². The van der Waals surface area contributed by atoms with Gasteiger partial charge in [0.2, 0.25) is 0 Å². The number of benzene rings is 2. The van der Waals surface area contributed by atoms with Crippen molar-refractivity contribution in [1.29, 1.82) is 0 Å². The van der Waals surface area contributed by atoms with Gasteiger partial charge in [-0.1, -0.05) is 75.9 Å². The smallest absolute Gasteiger partial charge is 0.155 e. The standard InChI is InChI=1S/C17H17N.C7H12O.C2H6/c1-14(18-2)17-10-6-9-16(13-17)12-11-15-7-4-3-5-8-15;1-3-5-6-7(8)4-2;1-2/h3-10,13-14,18H,1-2H3;4H,2-3,5-6H2,1H3;1-2H3. The van der Waals surface area contributed by atoms with Gasteiger partial charge < -0.3 is 5.32 Å². The third-order valence-electron chi connectivity index (χ3n) is 3.95. The predicted octanol–water partition coefficient (Wildman–Crippen LogP) is 6.32. The highest BCUT2D eigenvalue weighted by Gasteiger charge is 2.01. The number of hydrogen-bond acceptors (Lipinski definition) is 2. The van der Waals surface area contributed by atoms with Crippen LogP contribution in [0, 0.1) is 11.8 Å². The van der Waals surface area contributed by atoms with Gasteiger partial charge in [0.25, 0.3) is 0 Å². The second kappa shape index (κ2) is 16.5. The van der Waals surface area contributed by atoms with Crippen molar-refractivity contribution in [1.82, 2.24) is 5.32 Å². The lowest BCUT2D eigenvalue weighted by Gasteiger charge is -2.10. The van der Waals surface area contributed by atoms with E-state index >= 15 is 0 Å². The minimum absolute atomic E-state index is 0.159. The molecule has 2 aromatic carbocycles. The Balaban J connectivity index is 0.000000618. The van der Waals surface area contributed by atoms with Crippen LogP contribution in [0.2, 0.25) is 0 Å². The van der Waals surface area contributed by atoms with Crippen molar-refractivity contribution in [2.75, 3.05) is 7.05 Å². The lowest BCUT2D eigenvalue weighted by molar-refractivity contribution is -0.114. The third-order valence-corrected chi connectivity index (χ3v) is 3.95. The second-order valence-electron chi connectivity index (χ2n) is 6.03. The van der Waals surface area contributed by atoms with Crippen LogP contribution in [0.5, 0.6) is 0 Å². The van der Waals surface area contributed by atoms with Crippen LogP contribution >= 0.6 is 0 Å². The molecule has 0 amide bonds. The van der Waals surface area contributed by atoms with E-state index in [1.807, 2.05) is 57.3 Å². The fourth-order valence-electron chi connectivity index (χ4n) is 2.17. The summed E-state index contributed by atoms with van der Waals surface area (Å²) in [6.07, 6.45) is 4.13. The highest BCUT2D eigenvalue weighted by Crippen LogP contribution is 2.13. The van der Waals surface area contributed by atoms with Gasteiger partial charge in [-0.3, -0.25) is 4.79 Å². The molecule has 0 saturated carbocycles. The highest BCUT2D eigenvalue weighted by atomic mass is 16.1. The zero-order valence-corrected chi connectivity index (χ0v) is 18.1. The molecular weight excluding hydrogens is 342 g/mol. The first-order valence-electron chi connectivity index (χ1n) is 10.1. The molecule has 150 valence electrons. The van der Waals surface area contributed by atoms with Crippen molar-refractivity contribution in [3.63, 3.8) is 0 Å². The molecule has 1 unspecified atom stereocenters. The van der Waals surface area contributed by atoms with Crippen molar-refractivity contribution in [2.45, 2.75) is 53.0 Å². The van der Waals surface area contributed by atoms with Crippen LogP contribution in [0.4, 0.5) is 0 Å². The second-order valence-corrected chi connectivity index (χ2v) is 6.03. The van der Waals surface area contributed by atoms with Crippen LogP contribution in [0.15, 0.2) is 67.3 Å². The summed E-state index contributed by atoms with van der Waals surface area (Å²) in [6, 6.07) is 18.8. The summed E-state index contributed by atoms with van der Waals surface area (Å²) in [5, 5.41) is 3.23. The lowest BCUT2D eigenvalue weighted by atomic mass is 10.1. The molecule has 0 heterocycles. The van der Waals surface area contributed by atoms with E-state index in [0.717, 1.165) is 24.0 Å².